The van der Waals surface area contributed by atoms with Crippen LogP contribution in [-0.4, -0.2) is 37.2 Å². The highest BCUT2D eigenvalue weighted by molar-refractivity contribution is 5.99. The molecule has 34 heavy (non-hydrogen) atoms. The monoisotopic (exact) mass is 450 g/mol. The summed E-state index contributed by atoms with van der Waals surface area (Å²) in [5.41, 5.74) is 7.27. The number of ether oxygens (including phenoxy) is 1. The third-order valence-electron chi connectivity index (χ3n) is 5.85. The number of halogens is 1. The van der Waals surface area contributed by atoms with Crippen molar-refractivity contribution in [1.29, 1.82) is 0 Å². The zero-order valence-electron chi connectivity index (χ0n) is 18.4. The van der Waals surface area contributed by atoms with E-state index in [0.717, 1.165) is 50.0 Å². The first-order chi connectivity index (χ1) is 16.6. The maximum Gasteiger partial charge on any atom is 0.181 e. The fourth-order valence-corrected chi connectivity index (χ4v) is 4.26. The molecule has 8 heteroatoms. The van der Waals surface area contributed by atoms with Crippen LogP contribution < -0.4 is 4.74 Å². The summed E-state index contributed by atoms with van der Waals surface area (Å²) in [6.07, 6.45) is 6.92. The molecule has 166 valence electrons. The normalized spacial score (nSPS) is 11.4. The van der Waals surface area contributed by atoms with Gasteiger partial charge in [0.15, 0.2) is 5.65 Å². The number of rotatable bonds is 4. The Balaban J connectivity index is 1.49. The van der Waals surface area contributed by atoms with E-state index in [1.807, 2.05) is 37.3 Å². The second kappa shape index (κ2) is 7.77. The predicted molar refractivity (Wildman–Crippen MR) is 129 cm³/mol. The largest absolute Gasteiger partial charge is 0.495 e. The number of fused-ring (bicyclic) bond motifs is 2. The molecule has 5 aromatic heterocycles. The van der Waals surface area contributed by atoms with Crippen molar-refractivity contribution in [2.24, 2.45) is 0 Å². The lowest BCUT2D eigenvalue weighted by Gasteiger charge is -2.05. The fourth-order valence-electron chi connectivity index (χ4n) is 4.26. The minimum Gasteiger partial charge on any atom is -0.495 e. The molecular weight excluding hydrogens is 431 g/mol. The number of aromatic amines is 2. The Kier molecular flexibility index (Phi) is 4.58. The molecule has 0 aliphatic carbocycles. The number of hydrogen-bond donors (Lipinski definition) is 2. The number of aryl methyl sites for hydroxylation is 1. The SMILES string of the molecule is COc1cncc(-c2cnc3n[nH]c(-c4cc5c(-c6cc(C)cc(F)c6)ccnc5[nH]4)c3c2)c1. The molecule has 0 saturated heterocycles. The number of aromatic nitrogens is 6. The van der Waals surface area contributed by atoms with E-state index in [4.69, 9.17) is 4.74 Å². The number of pyridine rings is 3. The van der Waals surface area contributed by atoms with Crippen molar-refractivity contribution >= 4 is 22.1 Å². The Morgan fingerprint density at radius 2 is 1.76 bits per heavy atom. The van der Waals surface area contributed by atoms with Crippen molar-refractivity contribution in [1.82, 2.24) is 30.1 Å². The lowest BCUT2D eigenvalue weighted by atomic mass is 10.0. The van der Waals surface area contributed by atoms with Gasteiger partial charge in [0.05, 0.1) is 24.7 Å². The maximum atomic E-state index is 14.1. The molecule has 0 spiro atoms. The first-order valence-electron chi connectivity index (χ1n) is 10.7. The minimum absolute atomic E-state index is 0.263. The van der Waals surface area contributed by atoms with Crippen LogP contribution in [0.25, 0.3) is 55.7 Å². The molecule has 0 radical (unpaired) electrons. The Morgan fingerprint density at radius 3 is 2.62 bits per heavy atom. The fraction of sp³-hybridized carbons (Fsp3) is 0.0769. The van der Waals surface area contributed by atoms with Crippen LogP contribution in [-0.2, 0) is 0 Å². The predicted octanol–water partition coefficient (Wildman–Crippen LogP) is 5.69. The average molecular weight is 450 g/mol. The van der Waals surface area contributed by atoms with Crippen molar-refractivity contribution in [2.45, 2.75) is 6.92 Å². The lowest BCUT2D eigenvalue weighted by Crippen LogP contribution is -1.87. The molecule has 0 amide bonds. The van der Waals surface area contributed by atoms with Crippen LogP contribution in [0.4, 0.5) is 4.39 Å². The summed E-state index contributed by atoms with van der Waals surface area (Å²) in [7, 11) is 1.61. The molecule has 0 unspecified atom stereocenters. The van der Waals surface area contributed by atoms with Gasteiger partial charge in [-0.15, -0.1) is 0 Å². The molecule has 0 fully saturated rings. The summed E-state index contributed by atoms with van der Waals surface area (Å²) < 4.78 is 19.4. The van der Waals surface area contributed by atoms with Gasteiger partial charge in [-0.2, -0.15) is 5.10 Å². The molecule has 2 N–H and O–H groups in total. The number of nitrogens with one attached hydrogen (secondary N) is 2. The average Bonchev–Trinajstić information content (AvgIpc) is 3.46. The first-order valence-corrected chi connectivity index (χ1v) is 10.7. The molecule has 7 nitrogen and oxygen atoms in total. The summed E-state index contributed by atoms with van der Waals surface area (Å²) in [6.45, 7) is 1.88. The molecule has 0 aliphatic heterocycles. The van der Waals surface area contributed by atoms with Crippen LogP contribution in [0.5, 0.6) is 5.75 Å². The van der Waals surface area contributed by atoms with Gasteiger partial charge in [0.2, 0.25) is 0 Å². The highest BCUT2D eigenvalue weighted by Gasteiger charge is 2.16. The first kappa shape index (κ1) is 20.0. The molecule has 0 bridgehead atoms. The van der Waals surface area contributed by atoms with Crippen LogP contribution in [0, 0.1) is 12.7 Å². The van der Waals surface area contributed by atoms with Gasteiger partial charge in [-0.25, -0.2) is 14.4 Å². The van der Waals surface area contributed by atoms with Gasteiger partial charge in [0.1, 0.15) is 17.2 Å². The van der Waals surface area contributed by atoms with Crippen LogP contribution in [0.3, 0.4) is 0 Å². The summed E-state index contributed by atoms with van der Waals surface area (Å²) in [6, 6.07) is 12.9. The second-order valence-electron chi connectivity index (χ2n) is 8.13. The lowest BCUT2D eigenvalue weighted by molar-refractivity contribution is 0.413. The quantitative estimate of drug-likeness (QED) is 0.360. The van der Waals surface area contributed by atoms with Crippen molar-refractivity contribution < 1.29 is 9.13 Å². The standard InChI is InChI=1S/C26H19FN6O/c1-14-5-15(7-18(27)6-14)20-3-4-29-25-21(20)10-23(31-25)24-22-9-17(12-30-26(22)33-32-24)16-8-19(34-2)13-28-11-16/h3-13H,1-2H3,(H,29,31)(H,30,32,33). The Morgan fingerprint density at radius 1 is 0.882 bits per heavy atom. The smallest absolute Gasteiger partial charge is 0.181 e. The third-order valence-corrected chi connectivity index (χ3v) is 5.85. The van der Waals surface area contributed by atoms with Crippen LogP contribution in [0.1, 0.15) is 5.56 Å². The number of methoxy groups -OCH3 is 1. The summed E-state index contributed by atoms with van der Waals surface area (Å²) >= 11 is 0. The van der Waals surface area contributed by atoms with Gasteiger partial charge < -0.3 is 9.72 Å². The highest BCUT2D eigenvalue weighted by Crippen LogP contribution is 2.34. The van der Waals surface area contributed by atoms with Gasteiger partial charge in [0, 0.05) is 40.5 Å². The maximum absolute atomic E-state index is 14.1. The van der Waals surface area contributed by atoms with Crippen LogP contribution in [0.15, 0.2) is 67.3 Å². The molecular formula is C26H19FN6O. The number of benzene rings is 1. The van der Waals surface area contributed by atoms with E-state index in [1.54, 1.807) is 38.0 Å². The van der Waals surface area contributed by atoms with Gasteiger partial charge in [0.25, 0.3) is 0 Å². The van der Waals surface area contributed by atoms with Gasteiger partial charge in [-0.05, 0) is 60.0 Å². The number of H-pyrrole nitrogens is 2. The summed E-state index contributed by atoms with van der Waals surface area (Å²) in [4.78, 5) is 16.6. The zero-order valence-corrected chi connectivity index (χ0v) is 18.4. The molecule has 0 saturated carbocycles. The minimum atomic E-state index is -0.263. The van der Waals surface area contributed by atoms with E-state index in [2.05, 4.69) is 30.1 Å². The summed E-state index contributed by atoms with van der Waals surface area (Å²) in [5.74, 6) is 0.410. The third kappa shape index (κ3) is 3.36. The van der Waals surface area contributed by atoms with Crippen LogP contribution >= 0.6 is 0 Å². The Bertz CT molecular complexity index is 1670. The van der Waals surface area contributed by atoms with Crippen molar-refractivity contribution in [3.63, 3.8) is 0 Å². The van der Waals surface area contributed by atoms with E-state index in [-0.39, 0.29) is 5.82 Å². The molecule has 5 heterocycles. The van der Waals surface area contributed by atoms with Crippen LogP contribution in [0.2, 0.25) is 0 Å². The van der Waals surface area contributed by atoms with Gasteiger partial charge >= 0.3 is 0 Å². The topological polar surface area (TPSA) is 92.4 Å². The summed E-state index contributed by atoms with van der Waals surface area (Å²) in [5, 5.41) is 9.22. The molecule has 6 aromatic rings. The Labute approximate surface area is 193 Å². The molecule has 6 rings (SSSR count). The zero-order chi connectivity index (χ0) is 23.2. The van der Waals surface area contributed by atoms with Crippen molar-refractivity contribution in [3.05, 3.63) is 78.6 Å². The van der Waals surface area contributed by atoms with E-state index >= 15 is 0 Å². The number of nitrogens with zero attached hydrogens (tertiary/aromatic N) is 4. The molecule has 1 aromatic carbocycles. The highest BCUT2D eigenvalue weighted by atomic mass is 19.1. The van der Waals surface area contributed by atoms with E-state index in [9.17, 15) is 4.39 Å². The van der Waals surface area contributed by atoms with Gasteiger partial charge in [-0.3, -0.25) is 10.1 Å². The van der Waals surface area contributed by atoms with E-state index < -0.39 is 0 Å². The van der Waals surface area contributed by atoms with Crippen molar-refractivity contribution in [2.75, 3.05) is 7.11 Å². The van der Waals surface area contributed by atoms with E-state index in [1.165, 1.54) is 6.07 Å². The van der Waals surface area contributed by atoms with Crippen molar-refractivity contribution in [3.8, 4) is 39.4 Å². The van der Waals surface area contributed by atoms with E-state index in [0.29, 0.717) is 17.0 Å². The molecule has 0 atom stereocenters. The number of hydrogen-bond acceptors (Lipinski definition) is 5. The second-order valence-corrected chi connectivity index (χ2v) is 8.13. The molecule has 0 aliphatic rings. The van der Waals surface area contributed by atoms with Gasteiger partial charge in [-0.1, -0.05) is 6.07 Å². The Hall–Kier alpha value is -4.59.